The molecule has 1 aliphatic heterocycles. The molecule has 33 heavy (non-hydrogen) atoms. The second-order valence-electron chi connectivity index (χ2n) is 8.66. The molecule has 1 unspecified atom stereocenters. The Balaban J connectivity index is 1.69. The monoisotopic (exact) mass is 467 g/mol. The number of ether oxygens (including phenoxy) is 1. The van der Waals surface area contributed by atoms with Crippen LogP contribution in [0.3, 0.4) is 0 Å². The average Bonchev–Trinajstić information content (AvgIpc) is 3.45. The Bertz CT molecular complexity index is 955. The quantitative estimate of drug-likeness (QED) is 0.598. The van der Waals surface area contributed by atoms with Gasteiger partial charge in [0.15, 0.2) is 11.5 Å². The van der Waals surface area contributed by atoms with Gasteiger partial charge < -0.3 is 25.0 Å². The number of nitrogens with zero attached hydrogens (tertiary/aromatic N) is 1. The van der Waals surface area contributed by atoms with E-state index in [1.807, 2.05) is 0 Å². The first-order chi connectivity index (χ1) is 15.8. The summed E-state index contributed by atoms with van der Waals surface area (Å²) >= 11 is 0. The minimum atomic E-state index is -4.45. The molecule has 0 bridgehead atoms. The minimum Gasteiger partial charge on any atom is -0.393 e. The van der Waals surface area contributed by atoms with E-state index in [1.54, 1.807) is 7.05 Å². The Morgan fingerprint density at radius 3 is 2.55 bits per heavy atom. The van der Waals surface area contributed by atoms with E-state index in [1.165, 1.54) is 12.1 Å². The van der Waals surface area contributed by atoms with E-state index in [4.69, 9.17) is 9.26 Å². The first-order valence-electron chi connectivity index (χ1n) is 11.2. The van der Waals surface area contributed by atoms with Gasteiger partial charge in [-0.25, -0.2) is 0 Å². The highest BCUT2D eigenvalue weighted by molar-refractivity contribution is 5.95. The normalized spacial score (nSPS) is 24.6. The van der Waals surface area contributed by atoms with E-state index >= 15 is 0 Å². The van der Waals surface area contributed by atoms with Crippen molar-refractivity contribution in [1.29, 1.82) is 0 Å². The summed E-state index contributed by atoms with van der Waals surface area (Å²) < 4.78 is 50.4. The number of aliphatic hydroxyl groups is 1. The van der Waals surface area contributed by atoms with Gasteiger partial charge in [0.1, 0.15) is 0 Å². The molecular formula is C23H28F3N3O4. The van der Waals surface area contributed by atoms with Crippen molar-refractivity contribution < 1.29 is 32.3 Å². The van der Waals surface area contributed by atoms with Gasteiger partial charge in [-0.1, -0.05) is 17.3 Å². The van der Waals surface area contributed by atoms with Crippen LogP contribution in [0.1, 0.15) is 66.2 Å². The van der Waals surface area contributed by atoms with Crippen molar-refractivity contribution in [2.24, 2.45) is 0 Å². The van der Waals surface area contributed by atoms with Gasteiger partial charge in [-0.2, -0.15) is 13.2 Å². The van der Waals surface area contributed by atoms with Crippen molar-refractivity contribution in [3.63, 3.8) is 0 Å². The zero-order valence-corrected chi connectivity index (χ0v) is 18.3. The fraction of sp³-hybridized carbons (Fsp3) is 0.565. The summed E-state index contributed by atoms with van der Waals surface area (Å²) in [6.45, 7) is 0.589. The standard InChI is InChI=1S/C23H28F3N3O4/c1-27-19(17-6-3-11-32-17)18-20(22(31)28-15-4-2-5-16(30)12-15)29-33-21(18)13-7-9-14(10-8-13)23(24,25)26/h7-10,15-17,19,27,30H,2-6,11-12H2,1H3,(H,28,31)/t15-,16+,17?,19-/m1/s1. The molecule has 2 heterocycles. The Kier molecular flexibility index (Phi) is 7.06. The predicted octanol–water partition coefficient (Wildman–Crippen LogP) is 3.83. The fourth-order valence-electron chi connectivity index (χ4n) is 4.70. The summed E-state index contributed by atoms with van der Waals surface area (Å²) in [5, 5.41) is 20.1. The average molecular weight is 467 g/mol. The van der Waals surface area contributed by atoms with Gasteiger partial charge in [-0.15, -0.1) is 0 Å². The van der Waals surface area contributed by atoms with Crippen LogP contribution < -0.4 is 10.6 Å². The zero-order chi connectivity index (χ0) is 23.6. The molecule has 1 saturated carbocycles. The number of rotatable bonds is 6. The maximum Gasteiger partial charge on any atom is 0.416 e. The summed E-state index contributed by atoms with van der Waals surface area (Å²) in [6, 6.07) is 3.96. The molecule has 4 atom stereocenters. The summed E-state index contributed by atoms with van der Waals surface area (Å²) in [4.78, 5) is 13.2. The molecule has 0 radical (unpaired) electrons. The zero-order valence-electron chi connectivity index (χ0n) is 18.3. The van der Waals surface area contributed by atoms with Crippen molar-refractivity contribution >= 4 is 5.91 Å². The number of carbonyl (C=O) groups excluding carboxylic acids is 1. The van der Waals surface area contributed by atoms with Gasteiger partial charge in [-0.3, -0.25) is 4.79 Å². The number of alkyl halides is 3. The highest BCUT2D eigenvalue weighted by atomic mass is 19.4. The van der Waals surface area contributed by atoms with Crippen molar-refractivity contribution in [2.75, 3.05) is 13.7 Å². The minimum absolute atomic E-state index is 0.0693. The summed E-state index contributed by atoms with van der Waals surface area (Å²) in [7, 11) is 1.73. The predicted molar refractivity (Wildman–Crippen MR) is 113 cm³/mol. The number of aliphatic hydroxyl groups excluding tert-OH is 1. The maximum atomic E-state index is 13.2. The second-order valence-corrected chi connectivity index (χ2v) is 8.66. The molecule has 180 valence electrons. The summed E-state index contributed by atoms with van der Waals surface area (Å²) in [5.74, 6) is -0.211. The fourth-order valence-corrected chi connectivity index (χ4v) is 4.70. The molecule has 1 aliphatic carbocycles. The summed E-state index contributed by atoms with van der Waals surface area (Å²) in [6.07, 6.45) is -0.779. The van der Waals surface area contributed by atoms with Crippen LogP contribution in [0.4, 0.5) is 13.2 Å². The van der Waals surface area contributed by atoms with Gasteiger partial charge in [-0.05, 0) is 57.7 Å². The van der Waals surface area contributed by atoms with E-state index in [-0.39, 0.29) is 23.6 Å². The number of hydrogen-bond donors (Lipinski definition) is 3. The molecule has 2 aliphatic rings. The molecule has 1 aromatic carbocycles. The van der Waals surface area contributed by atoms with Gasteiger partial charge in [0.05, 0.1) is 29.4 Å². The van der Waals surface area contributed by atoms with Crippen molar-refractivity contribution in [3.8, 4) is 11.3 Å². The highest BCUT2D eigenvalue weighted by Crippen LogP contribution is 2.38. The van der Waals surface area contributed by atoms with E-state index in [0.717, 1.165) is 37.8 Å². The second kappa shape index (κ2) is 9.82. The third-order valence-electron chi connectivity index (χ3n) is 6.36. The Hall–Kier alpha value is -2.43. The van der Waals surface area contributed by atoms with E-state index in [0.29, 0.717) is 30.6 Å². The van der Waals surface area contributed by atoms with Crippen LogP contribution in [-0.2, 0) is 10.9 Å². The van der Waals surface area contributed by atoms with Crippen molar-refractivity contribution in [1.82, 2.24) is 15.8 Å². The van der Waals surface area contributed by atoms with Crippen LogP contribution in [0.5, 0.6) is 0 Å². The molecular weight excluding hydrogens is 439 g/mol. The first-order valence-corrected chi connectivity index (χ1v) is 11.2. The van der Waals surface area contributed by atoms with Gasteiger partial charge in [0.2, 0.25) is 0 Å². The van der Waals surface area contributed by atoms with Crippen LogP contribution in [0.25, 0.3) is 11.3 Å². The molecule has 1 saturated heterocycles. The van der Waals surface area contributed by atoms with Crippen LogP contribution in [-0.4, -0.2) is 48.1 Å². The number of halogens is 3. The molecule has 1 aromatic heterocycles. The number of aromatic nitrogens is 1. The lowest BCUT2D eigenvalue weighted by molar-refractivity contribution is -0.137. The van der Waals surface area contributed by atoms with Crippen molar-refractivity contribution in [3.05, 3.63) is 41.1 Å². The molecule has 10 heteroatoms. The van der Waals surface area contributed by atoms with Crippen molar-refractivity contribution in [2.45, 2.75) is 69.0 Å². The van der Waals surface area contributed by atoms with Crippen LogP contribution in [0.2, 0.25) is 0 Å². The van der Waals surface area contributed by atoms with Gasteiger partial charge in [0.25, 0.3) is 5.91 Å². The lowest BCUT2D eigenvalue weighted by Gasteiger charge is -2.27. The SMILES string of the molecule is CN[C@@H](c1c(C(=O)N[C@@H]2CCC[C@H](O)C2)noc1-c1ccc(C(F)(F)F)cc1)C1CCCO1. The van der Waals surface area contributed by atoms with Crippen LogP contribution in [0, 0.1) is 0 Å². The highest BCUT2D eigenvalue weighted by Gasteiger charge is 2.36. The topological polar surface area (TPSA) is 96.6 Å². The van der Waals surface area contributed by atoms with E-state index < -0.39 is 29.8 Å². The van der Waals surface area contributed by atoms with E-state index in [9.17, 15) is 23.1 Å². The Morgan fingerprint density at radius 1 is 1.18 bits per heavy atom. The molecule has 3 N–H and O–H groups in total. The largest absolute Gasteiger partial charge is 0.416 e. The number of hydrogen-bond acceptors (Lipinski definition) is 6. The van der Waals surface area contributed by atoms with Crippen LogP contribution in [0.15, 0.2) is 28.8 Å². The Morgan fingerprint density at radius 2 is 1.94 bits per heavy atom. The molecule has 0 spiro atoms. The van der Waals surface area contributed by atoms with Crippen LogP contribution >= 0.6 is 0 Å². The molecule has 1 amide bonds. The number of benzene rings is 1. The molecule has 4 rings (SSSR count). The number of likely N-dealkylation sites (N-methyl/N-ethyl adjacent to an activating group) is 1. The van der Waals surface area contributed by atoms with Gasteiger partial charge in [0, 0.05) is 18.2 Å². The number of amides is 1. The first kappa shape index (κ1) is 23.7. The maximum absolute atomic E-state index is 13.2. The molecule has 2 fully saturated rings. The smallest absolute Gasteiger partial charge is 0.393 e. The molecule has 2 aromatic rings. The Labute approximate surface area is 189 Å². The lowest BCUT2D eigenvalue weighted by Crippen LogP contribution is -2.41. The molecule has 7 nitrogen and oxygen atoms in total. The summed E-state index contributed by atoms with van der Waals surface area (Å²) in [5.41, 5.74) is 0.138. The third-order valence-corrected chi connectivity index (χ3v) is 6.36. The third kappa shape index (κ3) is 5.23. The lowest BCUT2D eigenvalue weighted by atomic mass is 9.92. The number of nitrogens with one attached hydrogen (secondary N) is 2. The van der Waals surface area contributed by atoms with Gasteiger partial charge >= 0.3 is 6.18 Å². The van der Waals surface area contributed by atoms with E-state index in [2.05, 4.69) is 15.8 Å². The number of carbonyl (C=O) groups is 1.